The summed E-state index contributed by atoms with van der Waals surface area (Å²) in [7, 11) is 0. The van der Waals surface area contributed by atoms with Gasteiger partial charge >= 0.3 is 0 Å². The van der Waals surface area contributed by atoms with Gasteiger partial charge in [-0.15, -0.1) is 0 Å². The Kier molecular flexibility index (Phi) is 7.12. The number of nitrogens with one attached hydrogen (secondary N) is 1. The SMILES string of the molecule is C[C@@H]1C[C@H](C)CN(C(=O)c2cc(Br)ccc2NC(=O)[C@@H]2CCCN2C(=O)c2cccnc2)C1. The molecule has 0 bridgehead atoms. The van der Waals surface area contributed by atoms with Crippen LogP contribution in [-0.4, -0.2) is 58.2 Å². The first kappa shape index (κ1) is 23.4. The van der Waals surface area contributed by atoms with Crippen molar-refractivity contribution < 1.29 is 14.4 Å². The number of nitrogens with zero attached hydrogens (tertiary/aromatic N) is 3. The van der Waals surface area contributed by atoms with Crippen molar-refractivity contribution in [3.63, 3.8) is 0 Å². The Hall–Kier alpha value is -2.74. The van der Waals surface area contributed by atoms with E-state index in [2.05, 4.69) is 40.1 Å². The second-order valence-electron chi connectivity index (χ2n) is 9.23. The molecule has 0 radical (unpaired) electrons. The van der Waals surface area contributed by atoms with Crippen LogP contribution in [0, 0.1) is 11.8 Å². The lowest BCUT2D eigenvalue weighted by molar-refractivity contribution is -0.119. The Labute approximate surface area is 202 Å². The number of halogens is 1. The average Bonchev–Trinajstić information content (AvgIpc) is 3.29. The molecule has 1 aromatic carbocycles. The molecule has 2 fully saturated rings. The number of pyridine rings is 1. The number of piperidine rings is 1. The Morgan fingerprint density at radius 2 is 1.85 bits per heavy atom. The minimum Gasteiger partial charge on any atom is -0.338 e. The van der Waals surface area contributed by atoms with Crippen molar-refractivity contribution in [3.8, 4) is 0 Å². The lowest BCUT2D eigenvalue weighted by atomic mass is 9.91. The fraction of sp³-hybridized carbons (Fsp3) is 0.440. The van der Waals surface area contributed by atoms with Crippen molar-refractivity contribution in [2.24, 2.45) is 11.8 Å². The summed E-state index contributed by atoms with van der Waals surface area (Å²) in [6.07, 6.45) is 5.56. The Bertz CT molecular complexity index is 1040. The van der Waals surface area contributed by atoms with Crippen LogP contribution in [-0.2, 0) is 4.79 Å². The van der Waals surface area contributed by atoms with Crippen LogP contribution in [0.1, 0.15) is 53.8 Å². The van der Waals surface area contributed by atoms with E-state index >= 15 is 0 Å². The van der Waals surface area contributed by atoms with Crippen molar-refractivity contribution >= 4 is 39.3 Å². The van der Waals surface area contributed by atoms with Crippen LogP contribution < -0.4 is 5.32 Å². The monoisotopic (exact) mass is 512 g/mol. The van der Waals surface area contributed by atoms with E-state index in [0.717, 1.165) is 17.3 Å². The smallest absolute Gasteiger partial charge is 0.256 e. The number of hydrogen-bond acceptors (Lipinski definition) is 4. The highest BCUT2D eigenvalue weighted by Crippen LogP contribution is 2.28. The molecule has 174 valence electrons. The van der Waals surface area contributed by atoms with Gasteiger partial charge < -0.3 is 15.1 Å². The van der Waals surface area contributed by atoms with Crippen molar-refractivity contribution in [2.75, 3.05) is 25.0 Å². The third-order valence-electron chi connectivity index (χ3n) is 6.35. The maximum Gasteiger partial charge on any atom is 0.256 e. The third kappa shape index (κ3) is 5.27. The molecule has 3 atom stereocenters. The van der Waals surface area contributed by atoms with Gasteiger partial charge in [-0.1, -0.05) is 29.8 Å². The number of aromatic nitrogens is 1. The zero-order valence-corrected chi connectivity index (χ0v) is 20.5. The highest BCUT2D eigenvalue weighted by molar-refractivity contribution is 9.10. The molecule has 3 heterocycles. The summed E-state index contributed by atoms with van der Waals surface area (Å²) >= 11 is 3.46. The van der Waals surface area contributed by atoms with Gasteiger partial charge in [0.1, 0.15) is 6.04 Å². The average molecular weight is 513 g/mol. The van der Waals surface area contributed by atoms with Crippen molar-refractivity contribution in [1.29, 1.82) is 0 Å². The van der Waals surface area contributed by atoms with E-state index in [1.807, 2.05) is 4.90 Å². The van der Waals surface area contributed by atoms with Crippen molar-refractivity contribution in [3.05, 3.63) is 58.3 Å². The second kappa shape index (κ2) is 10.0. The predicted molar refractivity (Wildman–Crippen MR) is 130 cm³/mol. The minimum absolute atomic E-state index is 0.0836. The number of benzene rings is 1. The first-order chi connectivity index (χ1) is 15.8. The fourth-order valence-corrected chi connectivity index (χ4v) is 5.32. The van der Waals surface area contributed by atoms with Crippen LogP contribution in [0.3, 0.4) is 0 Å². The van der Waals surface area contributed by atoms with Gasteiger partial charge in [-0.2, -0.15) is 0 Å². The molecule has 7 nitrogen and oxygen atoms in total. The van der Waals surface area contributed by atoms with Gasteiger partial charge in [-0.3, -0.25) is 19.4 Å². The van der Waals surface area contributed by atoms with Gasteiger partial charge in [-0.05, 0) is 61.4 Å². The summed E-state index contributed by atoms with van der Waals surface area (Å²) in [5.41, 5.74) is 1.40. The van der Waals surface area contributed by atoms with E-state index in [1.165, 1.54) is 6.20 Å². The molecule has 2 saturated heterocycles. The van der Waals surface area contributed by atoms with E-state index < -0.39 is 6.04 Å². The summed E-state index contributed by atoms with van der Waals surface area (Å²) in [5, 5.41) is 2.94. The number of likely N-dealkylation sites (tertiary alicyclic amines) is 2. The number of amides is 3. The lowest BCUT2D eigenvalue weighted by Crippen LogP contribution is -2.44. The number of carbonyl (C=O) groups is 3. The van der Waals surface area contributed by atoms with Crippen LogP contribution in [0.25, 0.3) is 0 Å². The highest BCUT2D eigenvalue weighted by Gasteiger charge is 2.35. The maximum atomic E-state index is 13.4. The molecular weight excluding hydrogens is 484 g/mol. The Balaban J connectivity index is 1.53. The van der Waals surface area contributed by atoms with Gasteiger partial charge in [0.15, 0.2) is 0 Å². The summed E-state index contributed by atoms with van der Waals surface area (Å²) in [6.45, 7) is 6.25. The van der Waals surface area contributed by atoms with E-state index in [9.17, 15) is 14.4 Å². The zero-order valence-electron chi connectivity index (χ0n) is 19.0. The summed E-state index contributed by atoms with van der Waals surface area (Å²) in [5.74, 6) is 0.312. The van der Waals surface area contributed by atoms with Crippen molar-refractivity contribution in [2.45, 2.75) is 39.2 Å². The fourth-order valence-electron chi connectivity index (χ4n) is 4.96. The van der Waals surface area contributed by atoms with Crippen molar-refractivity contribution in [1.82, 2.24) is 14.8 Å². The molecule has 0 unspecified atom stereocenters. The quantitative estimate of drug-likeness (QED) is 0.665. The highest BCUT2D eigenvalue weighted by atomic mass is 79.9. The van der Waals surface area contributed by atoms with Gasteiger partial charge in [-0.25, -0.2) is 0 Å². The lowest BCUT2D eigenvalue weighted by Gasteiger charge is -2.35. The first-order valence-corrected chi connectivity index (χ1v) is 12.2. The topological polar surface area (TPSA) is 82.6 Å². The molecule has 1 aromatic heterocycles. The number of rotatable bonds is 4. The number of carbonyl (C=O) groups excluding carboxylic acids is 3. The summed E-state index contributed by atoms with van der Waals surface area (Å²) in [6, 6.07) is 8.14. The van der Waals surface area contributed by atoms with Crippen LogP contribution in [0.2, 0.25) is 0 Å². The number of anilines is 1. The molecule has 2 aromatic rings. The molecular formula is C25H29BrN4O3. The summed E-state index contributed by atoms with van der Waals surface area (Å²) < 4.78 is 0.774. The molecule has 8 heteroatoms. The Morgan fingerprint density at radius 1 is 1.09 bits per heavy atom. The van der Waals surface area contributed by atoms with E-state index in [4.69, 9.17) is 0 Å². The molecule has 33 heavy (non-hydrogen) atoms. The Morgan fingerprint density at radius 3 is 2.55 bits per heavy atom. The molecule has 2 aliphatic heterocycles. The molecule has 1 N–H and O–H groups in total. The van der Waals surface area contributed by atoms with E-state index in [1.54, 1.807) is 41.4 Å². The first-order valence-electron chi connectivity index (χ1n) is 11.4. The largest absolute Gasteiger partial charge is 0.338 e. The molecule has 0 spiro atoms. The normalized spacial score (nSPS) is 22.8. The molecule has 0 aliphatic carbocycles. The van der Waals surface area contributed by atoms with Crippen LogP contribution in [0.5, 0.6) is 0 Å². The van der Waals surface area contributed by atoms with E-state index in [0.29, 0.717) is 54.7 Å². The predicted octanol–water partition coefficient (Wildman–Crippen LogP) is 4.21. The van der Waals surface area contributed by atoms with Gasteiger partial charge in [0, 0.05) is 36.5 Å². The second-order valence-corrected chi connectivity index (χ2v) is 10.1. The zero-order chi connectivity index (χ0) is 23.5. The molecule has 2 aliphatic rings. The van der Waals surface area contributed by atoms with Gasteiger partial charge in [0.2, 0.25) is 5.91 Å². The molecule has 3 amide bonds. The summed E-state index contributed by atoms with van der Waals surface area (Å²) in [4.78, 5) is 47.1. The van der Waals surface area contributed by atoms with Crippen LogP contribution in [0.4, 0.5) is 5.69 Å². The van der Waals surface area contributed by atoms with Crippen LogP contribution in [0.15, 0.2) is 47.2 Å². The molecule has 0 saturated carbocycles. The minimum atomic E-state index is -0.584. The van der Waals surface area contributed by atoms with E-state index in [-0.39, 0.29) is 17.7 Å². The molecule has 4 rings (SSSR count). The third-order valence-corrected chi connectivity index (χ3v) is 6.84. The van der Waals surface area contributed by atoms with Gasteiger partial charge in [0.05, 0.1) is 16.8 Å². The van der Waals surface area contributed by atoms with Gasteiger partial charge in [0.25, 0.3) is 11.8 Å². The maximum absolute atomic E-state index is 13.4. The number of hydrogen-bond donors (Lipinski definition) is 1. The van der Waals surface area contributed by atoms with Crippen LogP contribution >= 0.6 is 15.9 Å². The standard InChI is InChI=1S/C25H29BrN4O3/c1-16-11-17(2)15-29(14-16)25(33)20-12-19(26)7-8-21(20)28-23(31)22-6-4-10-30(22)24(32)18-5-3-9-27-13-18/h3,5,7-9,12-13,16-17,22H,4,6,10-11,14-15H2,1-2H3,(H,28,31)/t16-,17+,22-/m0/s1.